The Kier molecular flexibility index (Phi) is 5.68. The quantitative estimate of drug-likeness (QED) is 0.756. The molecule has 0 heterocycles. The Morgan fingerprint density at radius 1 is 1.29 bits per heavy atom. The minimum atomic E-state index is -4.19. The number of hydrogen-bond donors (Lipinski definition) is 2. The average molecular weight is 340 g/mol. The van der Waals surface area contributed by atoms with Gasteiger partial charge in [-0.05, 0) is 32.0 Å². The van der Waals surface area contributed by atoms with Crippen LogP contribution in [0, 0.1) is 5.82 Å². The third kappa shape index (κ3) is 5.96. The molecule has 7 nitrogen and oxygen atoms in total. The number of ether oxygens (including phenoxy) is 1. The van der Waals surface area contributed by atoms with Gasteiger partial charge in [-0.2, -0.15) is 0 Å². The molecule has 0 aliphatic carbocycles. The third-order valence-corrected chi connectivity index (χ3v) is 4.51. The highest BCUT2D eigenvalue weighted by molar-refractivity contribution is 7.92. The fourth-order valence-electron chi connectivity index (χ4n) is 1.42. The summed E-state index contributed by atoms with van der Waals surface area (Å²) in [5.41, 5.74) is -0.0931. The largest absolute Gasteiger partial charge is 0.378 e. The number of nitrogens with two attached hydrogens (primary N) is 1. The Bertz CT molecular complexity index is 701. The zero-order valence-corrected chi connectivity index (χ0v) is 13.2. The van der Waals surface area contributed by atoms with Crippen LogP contribution in [-0.4, -0.2) is 35.3 Å². The van der Waals surface area contributed by atoms with Crippen LogP contribution < -0.4 is 9.86 Å². The van der Waals surface area contributed by atoms with Crippen molar-refractivity contribution in [1.29, 1.82) is 0 Å². The zero-order chi connectivity index (χ0) is 16.3. The molecule has 0 atom stereocenters. The number of halogens is 1. The van der Waals surface area contributed by atoms with Crippen molar-refractivity contribution in [3.63, 3.8) is 0 Å². The molecule has 0 amide bonds. The van der Waals surface area contributed by atoms with Crippen LogP contribution in [0.5, 0.6) is 0 Å². The van der Waals surface area contributed by atoms with Gasteiger partial charge in [-0.25, -0.2) is 26.4 Å². The number of rotatable bonds is 7. The standard InChI is InChI=1S/C11H17FN2O5S2/c1-8(2)19-5-6-20(15,16)14-9-3-4-11(10(12)7-9)21(13,17)18/h3-4,7-8,14H,5-6H2,1-2H3,(H2,13,17,18). The van der Waals surface area contributed by atoms with E-state index in [9.17, 15) is 21.2 Å². The Morgan fingerprint density at radius 2 is 1.90 bits per heavy atom. The lowest BCUT2D eigenvalue weighted by molar-refractivity contribution is 0.0913. The molecule has 0 spiro atoms. The van der Waals surface area contributed by atoms with Crippen LogP contribution in [0.3, 0.4) is 0 Å². The average Bonchev–Trinajstić information content (AvgIpc) is 2.25. The van der Waals surface area contributed by atoms with Crippen LogP contribution in [-0.2, 0) is 24.8 Å². The summed E-state index contributed by atoms with van der Waals surface area (Å²) in [7, 11) is -7.91. The van der Waals surface area contributed by atoms with Crippen molar-refractivity contribution in [2.45, 2.75) is 24.8 Å². The minimum absolute atomic E-state index is 0.00918. The van der Waals surface area contributed by atoms with E-state index in [2.05, 4.69) is 4.72 Å². The van der Waals surface area contributed by atoms with Gasteiger partial charge in [0.25, 0.3) is 0 Å². The first-order valence-electron chi connectivity index (χ1n) is 5.96. The first-order chi connectivity index (χ1) is 9.51. The molecule has 21 heavy (non-hydrogen) atoms. The van der Waals surface area contributed by atoms with Crippen molar-refractivity contribution in [3.8, 4) is 0 Å². The Hall–Kier alpha value is -1.23. The van der Waals surface area contributed by atoms with Gasteiger partial charge >= 0.3 is 0 Å². The summed E-state index contributed by atoms with van der Waals surface area (Å²) in [5.74, 6) is -1.43. The maximum atomic E-state index is 13.6. The third-order valence-electron chi connectivity index (χ3n) is 2.32. The van der Waals surface area contributed by atoms with E-state index in [4.69, 9.17) is 9.88 Å². The summed E-state index contributed by atoms with van der Waals surface area (Å²) in [4.78, 5) is -0.700. The molecule has 0 aliphatic rings. The van der Waals surface area contributed by atoms with Crippen molar-refractivity contribution in [3.05, 3.63) is 24.0 Å². The molecule has 1 aromatic carbocycles. The van der Waals surface area contributed by atoms with E-state index in [0.717, 1.165) is 18.2 Å². The van der Waals surface area contributed by atoms with Gasteiger partial charge in [-0.1, -0.05) is 0 Å². The molecule has 0 unspecified atom stereocenters. The monoisotopic (exact) mass is 340 g/mol. The smallest absolute Gasteiger partial charge is 0.240 e. The van der Waals surface area contributed by atoms with E-state index in [1.807, 2.05) is 0 Å². The van der Waals surface area contributed by atoms with E-state index in [-0.39, 0.29) is 24.2 Å². The lowest BCUT2D eigenvalue weighted by atomic mass is 10.3. The molecule has 1 rings (SSSR count). The number of hydrogen-bond acceptors (Lipinski definition) is 5. The molecule has 0 saturated heterocycles. The molecular formula is C11H17FN2O5S2. The maximum absolute atomic E-state index is 13.6. The molecule has 0 bridgehead atoms. The Labute approximate surface area is 123 Å². The predicted molar refractivity (Wildman–Crippen MR) is 76.3 cm³/mol. The van der Waals surface area contributed by atoms with Crippen LogP contribution in [0.1, 0.15) is 13.8 Å². The van der Waals surface area contributed by atoms with Gasteiger partial charge in [0.15, 0.2) is 0 Å². The summed E-state index contributed by atoms with van der Waals surface area (Å²) in [6.45, 7) is 3.52. The molecule has 0 saturated carbocycles. The maximum Gasteiger partial charge on any atom is 0.240 e. The molecule has 1 aromatic rings. The van der Waals surface area contributed by atoms with Crippen LogP contribution in [0.4, 0.5) is 10.1 Å². The van der Waals surface area contributed by atoms with Gasteiger partial charge in [0.2, 0.25) is 20.0 Å². The Balaban J connectivity index is 2.82. The topological polar surface area (TPSA) is 116 Å². The number of anilines is 1. The first kappa shape index (κ1) is 17.8. The highest BCUT2D eigenvalue weighted by Gasteiger charge is 2.17. The first-order valence-corrected chi connectivity index (χ1v) is 9.15. The van der Waals surface area contributed by atoms with Crippen LogP contribution in [0.25, 0.3) is 0 Å². The summed E-state index contributed by atoms with van der Waals surface area (Å²) >= 11 is 0. The molecule has 3 N–H and O–H groups in total. The highest BCUT2D eigenvalue weighted by Crippen LogP contribution is 2.18. The summed E-state index contributed by atoms with van der Waals surface area (Å²) < 4.78 is 66.3. The van der Waals surface area contributed by atoms with Gasteiger partial charge in [0, 0.05) is 0 Å². The fourth-order valence-corrected chi connectivity index (χ4v) is 2.91. The highest BCUT2D eigenvalue weighted by atomic mass is 32.2. The van der Waals surface area contributed by atoms with Crippen LogP contribution in [0.15, 0.2) is 23.1 Å². The molecule has 0 radical (unpaired) electrons. The van der Waals surface area contributed by atoms with E-state index in [0.29, 0.717) is 0 Å². The molecule has 10 heteroatoms. The second-order valence-corrected chi connectivity index (χ2v) is 7.90. The van der Waals surface area contributed by atoms with Crippen molar-refractivity contribution in [1.82, 2.24) is 0 Å². The zero-order valence-electron chi connectivity index (χ0n) is 11.5. The van der Waals surface area contributed by atoms with E-state index in [1.165, 1.54) is 0 Å². The lowest BCUT2D eigenvalue weighted by Crippen LogP contribution is -2.22. The van der Waals surface area contributed by atoms with Crippen molar-refractivity contribution in [2.75, 3.05) is 17.1 Å². The molecule has 120 valence electrons. The molecule has 0 aliphatic heterocycles. The van der Waals surface area contributed by atoms with Gasteiger partial charge in [0.05, 0.1) is 24.2 Å². The van der Waals surface area contributed by atoms with E-state index < -0.39 is 30.8 Å². The number of sulfonamides is 2. The van der Waals surface area contributed by atoms with Gasteiger partial charge in [0.1, 0.15) is 10.7 Å². The van der Waals surface area contributed by atoms with Crippen LogP contribution >= 0.6 is 0 Å². The molecule has 0 aromatic heterocycles. The number of nitrogens with one attached hydrogen (secondary N) is 1. The van der Waals surface area contributed by atoms with E-state index in [1.54, 1.807) is 13.8 Å². The summed E-state index contributed by atoms with van der Waals surface area (Å²) in [6.07, 6.45) is -0.105. The van der Waals surface area contributed by atoms with Gasteiger partial charge < -0.3 is 4.74 Å². The van der Waals surface area contributed by atoms with Gasteiger partial charge in [-0.3, -0.25) is 4.72 Å². The van der Waals surface area contributed by atoms with E-state index >= 15 is 0 Å². The number of benzene rings is 1. The SMILES string of the molecule is CC(C)OCCS(=O)(=O)Nc1ccc(S(N)(=O)=O)c(F)c1. The summed E-state index contributed by atoms with van der Waals surface area (Å²) in [5, 5.41) is 4.81. The number of primary sulfonamides is 1. The second-order valence-electron chi connectivity index (χ2n) is 4.53. The molecular weight excluding hydrogens is 323 g/mol. The normalized spacial score (nSPS) is 12.6. The van der Waals surface area contributed by atoms with Crippen molar-refractivity contribution < 1.29 is 26.0 Å². The molecule has 0 fully saturated rings. The summed E-state index contributed by atoms with van der Waals surface area (Å²) in [6, 6.07) is 2.76. The van der Waals surface area contributed by atoms with Gasteiger partial charge in [-0.15, -0.1) is 0 Å². The van der Waals surface area contributed by atoms with Crippen molar-refractivity contribution in [2.24, 2.45) is 5.14 Å². The predicted octanol–water partition coefficient (Wildman–Crippen LogP) is 0.640. The Morgan fingerprint density at radius 3 is 2.38 bits per heavy atom. The van der Waals surface area contributed by atoms with Crippen molar-refractivity contribution >= 4 is 25.7 Å². The second kappa shape index (κ2) is 6.69. The fraction of sp³-hybridized carbons (Fsp3) is 0.455. The van der Waals surface area contributed by atoms with Crippen LogP contribution in [0.2, 0.25) is 0 Å². The minimum Gasteiger partial charge on any atom is -0.378 e. The lowest BCUT2D eigenvalue weighted by Gasteiger charge is -2.10.